The van der Waals surface area contributed by atoms with Crippen LogP contribution in [-0.4, -0.2) is 63.8 Å². The molecular weight excluding hydrogens is 628 g/mol. The van der Waals surface area contributed by atoms with Crippen molar-refractivity contribution in [3.63, 3.8) is 0 Å². The maximum atomic E-state index is 13.7. The molecule has 258 valence electrons. The summed E-state index contributed by atoms with van der Waals surface area (Å²) in [5.41, 5.74) is 5.08. The number of rotatable bonds is 15. The lowest BCUT2D eigenvalue weighted by Crippen LogP contribution is -2.37. The van der Waals surface area contributed by atoms with Crippen molar-refractivity contribution in [2.45, 2.75) is 58.3 Å². The maximum Gasteiger partial charge on any atom is 0.305 e. The van der Waals surface area contributed by atoms with Crippen molar-refractivity contribution in [1.29, 1.82) is 0 Å². The van der Waals surface area contributed by atoms with E-state index in [1.165, 1.54) is 14.2 Å². The van der Waals surface area contributed by atoms with Crippen LogP contribution in [0.2, 0.25) is 0 Å². The molecule has 0 fully saturated rings. The van der Waals surface area contributed by atoms with E-state index in [9.17, 15) is 19.2 Å². The summed E-state index contributed by atoms with van der Waals surface area (Å²) in [5.74, 6) is -0.570. The van der Waals surface area contributed by atoms with E-state index in [0.29, 0.717) is 54.3 Å². The summed E-state index contributed by atoms with van der Waals surface area (Å²) in [6, 6.07) is 16.7. The molecule has 0 spiro atoms. The first kappa shape index (κ1) is 35.1. The number of methoxy groups -OCH3 is 3. The number of anilines is 2. The molecule has 2 unspecified atom stereocenters. The fraction of sp³-hybridized carbons (Fsp3) is 0.378. The molecule has 0 aromatic heterocycles. The smallest absolute Gasteiger partial charge is 0.305 e. The van der Waals surface area contributed by atoms with E-state index in [1.807, 2.05) is 48.7 Å². The first-order valence-electron chi connectivity index (χ1n) is 16.3. The van der Waals surface area contributed by atoms with Gasteiger partial charge in [-0.25, -0.2) is 0 Å². The molecule has 2 N–H and O–H groups in total. The van der Waals surface area contributed by atoms with Crippen LogP contribution < -0.4 is 25.0 Å². The molecule has 0 saturated carbocycles. The summed E-state index contributed by atoms with van der Waals surface area (Å²) >= 11 is 0. The molecule has 3 amide bonds. The molecule has 3 aromatic rings. The summed E-state index contributed by atoms with van der Waals surface area (Å²) in [5, 5.41) is 5.72. The molecule has 0 bridgehead atoms. The summed E-state index contributed by atoms with van der Waals surface area (Å²) in [6.07, 6.45) is 4.14. The number of aliphatic imine (C=N–C) groups is 1. The summed E-state index contributed by atoms with van der Waals surface area (Å²) in [6.45, 7) is 2.36. The van der Waals surface area contributed by atoms with Crippen LogP contribution in [0.25, 0.3) is 0 Å². The van der Waals surface area contributed by atoms with Gasteiger partial charge in [0.05, 0.1) is 44.0 Å². The van der Waals surface area contributed by atoms with Crippen LogP contribution in [0.3, 0.4) is 0 Å². The number of hydrogen-bond acceptors (Lipinski definition) is 9. The minimum absolute atomic E-state index is 0.136. The highest BCUT2D eigenvalue weighted by molar-refractivity contribution is 6.14. The number of ether oxygens (including phenoxy) is 4. The molecule has 2 atom stereocenters. The molecule has 2 aliphatic heterocycles. The molecule has 0 saturated heterocycles. The number of nitrogens with zero attached hydrogens (tertiary/aromatic N) is 2. The number of carbonyl (C=O) groups excluding carboxylic acids is 4. The fourth-order valence-corrected chi connectivity index (χ4v) is 5.89. The Morgan fingerprint density at radius 2 is 1.71 bits per heavy atom. The van der Waals surface area contributed by atoms with Crippen LogP contribution in [0.15, 0.2) is 59.6 Å². The van der Waals surface area contributed by atoms with Gasteiger partial charge in [0.1, 0.15) is 6.61 Å². The lowest BCUT2D eigenvalue weighted by atomic mass is 10.1. The lowest BCUT2D eigenvalue weighted by molar-refractivity contribution is -0.140. The van der Waals surface area contributed by atoms with E-state index < -0.39 is 5.92 Å². The fourth-order valence-electron chi connectivity index (χ4n) is 5.89. The van der Waals surface area contributed by atoms with Gasteiger partial charge in [-0.15, -0.1) is 0 Å². The minimum atomic E-state index is -0.499. The summed E-state index contributed by atoms with van der Waals surface area (Å²) < 4.78 is 21.8. The maximum absolute atomic E-state index is 13.7. The van der Waals surface area contributed by atoms with Gasteiger partial charge in [0, 0.05) is 56.6 Å². The van der Waals surface area contributed by atoms with Gasteiger partial charge >= 0.3 is 5.97 Å². The number of amides is 3. The Kier molecular flexibility index (Phi) is 11.6. The predicted molar refractivity (Wildman–Crippen MR) is 185 cm³/mol. The number of unbranched alkanes of at least 4 members (excludes halogenated alkanes) is 1. The Labute approximate surface area is 285 Å². The topological polar surface area (TPSA) is 145 Å². The standard InChI is InChI=1S/C37H42N4O8/c1-23(19-39-34(42)11-7-8-12-35(43)48-4)36(44)40-27-14-24(21-46-2)13-25(15-27)22-49-33-18-30-29(17-32(33)47-3)37(45)41-28(20-38-30)16-26-9-5-6-10-31(26)41/h5-6,9-10,13-15,17-18,20,23,28H,7-8,11-12,16,19,21-22H2,1-4H3,(H,39,42)(H,40,44). The van der Waals surface area contributed by atoms with Crippen LogP contribution in [0.5, 0.6) is 11.5 Å². The van der Waals surface area contributed by atoms with E-state index in [1.54, 1.807) is 31.1 Å². The molecule has 12 heteroatoms. The average Bonchev–Trinajstić information content (AvgIpc) is 3.42. The van der Waals surface area contributed by atoms with Crippen molar-refractivity contribution in [3.8, 4) is 11.5 Å². The molecular formula is C37H42N4O8. The molecule has 2 heterocycles. The zero-order valence-corrected chi connectivity index (χ0v) is 28.2. The number of para-hydroxylation sites is 1. The Balaban J connectivity index is 1.23. The van der Waals surface area contributed by atoms with Gasteiger partial charge in [0.25, 0.3) is 5.91 Å². The van der Waals surface area contributed by atoms with E-state index >= 15 is 0 Å². The van der Waals surface area contributed by atoms with Gasteiger partial charge in [-0.3, -0.25) is 29.1 Å². The number of fused-ring (bicyclic) bond motifs is 4. The second-order valence-corrected chi connectivity index (χ2v) is 12.1. The van der Waals surface area contributed by atoms with E-state index in [-0.39, 0.29) is 55.7 Å². The van der Waals surface area contributed by atoms with Crippen LogP contribution in [-0.2, 0) is 43.5 Å². The third kappa shape index (κ3) is 8.63. The largest absolute Gasteiger partial charge is 0.493 e. The molecule has 49 heavy (non-hydrogen) atoms. The van der Waals surface area contributed by atoms with Crippen LogP contribution >= 0.6 is 0 Å². The van der Waals surface area contributed by atoms with Crippen molar-refractivity contribution >= 4 is 47.0 Å². The third-order valence-corrected chi connectivity index (χ3v) is 8.47. The Morgan fingerprint density at radius 3 is 2.47 bits per heavy atom. The van der Waals surface area contributed by atoms with Crippen molar-refractivity contribution in [2.24, 2.45) is 10.9 Å². The first-order valence-corrected chi connectivity index (χ1v) is 16.3. The second kappa shape index (κ2) is 16.2. The Hall–Kier alpha value is -5.23. The van der Waals surface area contributed by atoms with Crippen molar-refractivity contribution in [1.82, 2.24) is 5.32 Å². The van der Waals surface area contributed by atoms with Gasteiger partial charge in [-0.2, -0.15) is 0 Å². The highest BCUT2D eigenvalue weighted by Crippen LogP contribution is 2.41. The van der Waals surface area contributed by atoms with E-state index in [2.05, 4.69) is 20.4 Å². The number of benzene rings is 3. The number of esters is 1. The van der Waals surface area contributed by atoms with Gasteiger partial charge in [0.2, 0.25) is 11.8 Å². The normalized spacial score (nSPS) is 15.0. The minimum Gasteiger partial charge on any atom is -0.493 e. The number of carbonyl (C=O) groups is 4. The number of nitrogens with one attached hydrogen (secondary N) is 2. The Bertz CT molecular complexity index is 1740. The molecule has 0 aliphatic carbocycles. The van der Waals surface area contributed by atoms with Crippen molar-refractivity contribution in [3.05, 3.63) is 76.9 Å². The highest BCUT2D eigenvalue weighted by Gasteiger charge is 2.36. The second-order valence-electron chi connectivity index (χ2n) is 12.1. The molecule has 3 aromatic carbocycles. The zero-order chi connectivity index (χ0) is 34.9. The molecule has 0 radical (unpaired) electrons. The zero-order valence-electron chi connectivity index (χ0n) is 28.2. The SMILES string of the molecule is COCc1cc(COc2cc3c(cc2OC)C(=O)N2c4ccccc4CC2C=N3)cc(NC(=O)C(C)CNC(=O)CCCCC(=O)OC)c1. The van der Waals surface area contributed by atoms with Crippen LogP contribution in [0.4, 0.5) is 17.1 Å². The summed E-state index contributed by atoms with van der Waals surface area (Å²) in [7, 11) is 4.45. The molecule has 5 rings (SSSR count). The Morgan fingerprint density at radius 1 is 0.959 bits per heavy atom. The number of hydrogen-bond donors (Lipinski definition) is 2. The van der Waals surface area contributed by atoms with Gasteiger partial charge in [-0.1, -0.05) is 25.1 Å². The van der Waals surface area contributed by atoms with Crippen LogP contribution in [0, 0.1) is 5.92 Å². The average molecular weight is 671 g/mol. The molecule has 12 nitrogen and oxygen atoms in total. The monoisotopic (exact) mass is 670 g/mol. The van der Waals surface area contributed by atoms with Gasteiger partial charge in [-0.05, 0) is 59.9 Å². The quantitative estimate of drug-likeness (QED) is 0.167. The lowest BCUT2D eigenvalue weighted by Gasteiger charge is -2.22. The van der Waals surface area contributed by atoms with Crippen molar-refractivity contribution < 1.29 is 38.1 Å². The van der Waals surface area contributed by atoms with Crippen molar-refractivity contribution in [2.75, 3.05) is 38.1 Å². The van der Waals surface area contributed by atoms with E-state index in [0.717, 1.165) is 22.4 Å². The highest BCUT2D eigenvalue weighted by atomic mass is 16.5. The molecule has 2 aliphatic rings. The third-order valence-electron chi connectivity index (χ3n) is 8.47. The summed E-state index contributed by atoms with van der Waals surface area (Å²) in [4.78, 5) is 56.7. The van der Waals surface area contributed by atoms with E-state index in [4.69, 9.17) is 14.2 Å². The van der Waals surface area contributed by atoms with Crippen LogP contribution in [0.1, 0.15) is 59.7 Å². The van der Waals surface area contributed by atoms with Gasteiger partial charge < -0.3 is 29.6 Å². The van der Waals surface area contributed by atoms with Gasteiger partial charge in [0.15, 0.2) is 11.5 Å². The first-order chi connectivity index (χ1) is 23.7. The predicted octanol–water partition coefficient (Wildman–Crippen LogP) is 5.13.